The number of carbonyl (C=O) groups is 2. The number of hydrogen-bond acceptors (Lipinski definition) is 6. The van der Waals surface area contributed by atoms with Gasteiger partial charge in [0.15, 0.2) is 0 Å². The first kappa shape index (κ1) is 23.8. The first-order valence-corrected chi connectivity index (χ1v) is 11.4. The molecule has 2 bridgehead atoms. The van der Waals surface area contributed by atoms with E-state index in [0.29, 0.717) is 30.2 Å². The fraction of sp³-hybridized carbons (Fsp3) is 0.385. The van der Waals surface area contributed by atoms with Crippen molar-refractivity contribution in [2.45, 2.75) is 43.6 Å². The minimum atomic E-state index is -4.82. The number of fused-ring (bicyclic) bond motifs is 5. The highest BCUT2D eigenvalue weighted by atomic mass is 19.4. The number of amides is 2. The van der Waals surface area contributed by atoms with Crippen LogP contribution in [0.5, 0.6) is 5.75 Å². The Balaban J connectivity index is 1.43. The van der Waals surface area contributed by atoms with E-state index in [-0.39, 0.29) is 18.7 Å². The van der Waals surface area contributed by atoms with Crippen LogP contribution in [0.3, 0.4) is 0 Å². The molecule has 0 aromatic heterocycles. The summed E-state index contributed by atoms with van der Waals surface area (Å²) in [5.74, 6) is -2.42. The van der Waals surface area contributed by atoms with E-state index in [1.807, 2.05) is 6.07 Å². The molecule has 7 nitrogen and oxygen atoms in total. The van der Waals surface area contributed by atoms with Gasteiger partial charge in [-0.2, -0.15) is 23.7 Å². The number of ether oxygens (including phenoxy) is 2. The zero-order chi connectivity index (χ0) is 25.9. The van der Waals surface area contributed by atoms with Crippen LogP contribution >= 0.6 is 0 Å². The lowest BCUT2D eigenvalue weighted by Gasteiger charge is -2.31. The lowest BCUT2D eigenvalue weighted by Crippen LogP contribution is -2.43. The number of benzene rings is 2. The summed E-state index contributed by atoms with van der Waals surface area (Å²) in [6, 6.07) is 13.0. The molecule has 4 atom stereocenters. The number of nitriles is 2. The third-order valence-electron chi connectivity index (χ3n) is 7.46. The summed E-state index contributed by atoms with van der Waals surface area (Å²) in [5.41, 5.74) is -3.49. The van der Waals surface area contributed by atoms with Crippen LogP contribution in [0.25, 0.3) is 0 Å². The topological polar surface area (TPSA) is 103 Å². The molecule has 3 heterocycles. The number of carbonyl (C=O) groups excluding carboxylic acids is 2. The summed E-state index contributed by atoms with van der Waals surface area (Å²) in [6.45, 7) is 1.91. The Bertz CT molecular complexity index is 1360. The zero-order valence-electron chi connectivity index (χ0n) is 19.1. The van der Waals surface area contributed by atoms with Crippen molar-refractivity contribution >= 4 is 17.5 Å². The Kier molecular flexibility index (Phi) is 5.34. The monoisotopic (exact) mass is 495 g/mol. The molecule has 0 saturated carbocycles. The lowest BCUT2D eigenvalue weighted by molar-refractivity contribution is -0.138. The molecule has 184 valence electrons. The normalized spacial score (nSPS) is 28.7. The van der Waals surface area contributed by atoms with Crippen molar-refractivity contribution in [3.05, 3.63) is 59.2 Å². The molecular weight excluding hydrogens is 475 g/mol. The van der Waals surface area contributed by atoms with E-state index in [2.05, 4.69) is 0 Å². The second-order valence-corrected chi connectivity index (χ2v) is 9.52. The van der Waals surface area contributed by atoms with E-state index in [4.69, 9.17) is 20.0 Å². The van der Waals surface area contributed by atoms with Crippen LogP contribution in [0.2, 0.25) is 0 Å². The standard InChI is InChI=1S/C26H20F3N3O4/c1-24-7-8-25(36-24,9-10-35-18-4-2-3-15(11-18)13-30)21-20(24)22(33)32(23(21)34)17-6-5-16(14-31)19(12-17)26(27,28)29/h2-6,11-12,20-21H,7-10H2,1H3. The second kappa shape index (κ2) is 8.07. The van der Waals surface area contributed by atoms with Gasteiger partial charge in [0.2, 0.25) is 11.8 Å². The zero-order valence-corrected chi connectivity index (χ0v) is 19.1. The van der Waals surface area contributed by atoms with Gasteiger partial charge in [0.05, 0.1) is 64.2 Å². The molecular formula is C26H20F3N3O4. The summed E-state index contributed by atoms with van der Waals surface area (Å²) in [5, 5.41) is 18.1. The Morgan fingerprint density at radius 1 is 1.08 bits per heavy atom. The van der Waals surface area contributed by atoms with E-state index >= 15 is 0 Å². The fourth-order valence-corrected chi connectivity index (χ4v) is 5.87. The average Bonchev–Trinajstić information content (AvgIpc) is 3.42. The van der Waals surface area contributed by atoms with Crippen LogP contribution in [-0.4, -0.2) is 29.6 Å². The largest absolute Gasteiger partial charge is 0.493 e. The van der Waals surface area contributed by atoms with Crippen molar-refractivity contribution in [1.82, 2.24) is 0 Å². The van der Waals surface area contributed by atoms with E-state index in [9.17, 15) is 22.8 Å². The van der Waals surface area contributed by atoms with Crippen LogP contribution in [0.4, 0.5) is 18.9 Å². The van der Waals surface area contributed by atoms with Gasteiger partial charge in [-0.3, -0.25) is 9.59 Å². The average molecular weight is 495 g/mol. The van der Waals surface area contributed by atoms with Crippen LogP contribution in [0.1, 0.15) is 42.9 Å². The Morgan fingerprint density at radius 3 is 2.53 bits per heavy atom. The molecule has 36 heavy (non-hydrogen) atoms. The van der Waals surface area contributed by atoms with Gasteiger partial charge in [0.1, 0.15) is 5.75 Å². The lowest BCUT2D eigenvalue weighted by atomic mass is 9.67. The molecule has 3 aliphatic rings. The number of nitrogens with zero attached hydrogens (tertiary/aromatic N) is 3. The molecule has 0 N–H and O–H groups in total. The minimum absolute atomic E-state index is 0.157. The number of anilines is 1. The Morgan fingerprint density at radius 2 is 1.83 bits per heavy atom. The van der Waals surface area contributed by atoms with Crippen molar-refractivity contribution in [1.29, 1.82) is 10.5 Å². The highest BCUT2D eigenvalue weighted by molar-refractivity contribution is 6.23. The van der Waals surface area contributed by atoms with Crippen LogP contribution in [-0.2, 0) is 20.5 Å². The van der Waals surface area contributed by atoms with Gasteiger partial charge in [0, 0.05) is 6.42 Å². The molecule has 0 aliphatic carbocycles. The summed E-state index contributed by atoms with van der Waals surface area (Å²) >= 11 is 0. The smallest absolute Gasteiger partial charge is 0.417 e. The van der Waals surface area contributed by atoms with E-state index < -0.39 is 52.2 Å². The van der Waals surface area contributed by atoms with E-state index in [1.165, 1.54) is 12.1 Å². The molecule has 10 heteroatoms. The first-order valence-electron chi connectivity index (χ1n) is 11.4. The molecule has 0 spiro atoms. The minimum Gasteiger partial charge on any atom is -0.493 e. The maximum atomic E-state index is 13.6. The number of rotatable bonds is 5. The molecule has 4 unspecified atom stereocenters. The third kappa shape index (κ3) is 3.52. The molecule has 2 aromatic rings. The van der Waals surface area contributed by atoms with Gasteiger partial charge < -0.3 is 9.47 Å². The summed E-state index contributed by atoms with van der Waals surface area (Å²) in [6.07, 6.45) is -3.51. The van der Waals surface area contributed by atoms with Crippen LogP contribution in [0.15, 0.2) is 42.5 Å². The highest BCUT2D eigenvalue weighted by Gasteiger charge is 2.73. The SMILES string of the molecule is CC12CCC(CCOc3cccc(C#N)c3)(O1)C1C(=O)N(c3ccc(C#N)c(C(F)(F)F)c3)C(=O)C12. The van der Waals surface area contributed by atoms with Gasteiger partial charge in [-0.15, -0.1) is 0 Å². The molecule has 5 rings (SSSR count). The molecule has 3 aliphatic heterocycles. The second-order valence-electron chi connectivity index (χ2n) is 9.52. The van der Waals surface area contributed by atoms with Crippen molar-refractivity contribution < 1.29 is 32.2 Å². The molecule has 2 amide bonds. The maximum Gasteiger partial charge on any atom is 0.417 e. The van der Waals surface area contributed by atoms with Gasteiger partial charge in [-0.1, -0.05) is 6.07 Å². The van der Waals surface area contributed by atoms with Crippen molar-refractivity contribution in [3.8, 4) is 17.9 Å². The quantitative estimate of drug-likeness (QED) is 0.572. The van der Waals surface area contributed by atoms with Crippen molar-refractivity contribution in [3.63, 3.8) is 0 Å². The number of alkyl halides is 3. The van der Waals surface area contributed by atoms with Gasteiger partial charge in [0.25, 0.3) is 0 Å². The summed E-state index contributed by atoms with van der Waals surface area (Å²) in [4.78, 5) is 27.8. The van der Waals surface area contributed by atoms with Gasteiger partial charge >= 0.3 is 6.18 Å². The van der Waals surface area contributed by atoms with Gasteiger partial charge in [-0.25, -0.2) is 4.90 Å². The maximum absolute atomic E-state index is 13.6. The summed E-state index contributed by atoms with van der Waals surface area (Å²) in [7, 11) is 0. The Hall–Kier alpha value is -3.89. The molecule has 3 saturated heterocycles. The predicted molar refractivity (Wildman–Crippen MR) is 118 cm³/mol. The van der Waals surface area contributed by atoms with Crippen molar-refractivity contribution in [2.24, 2.45) is 11.8 Å². The fourth-order valence-electron chi connectivity index (χ4n) is 5.87. The molecule has 3 fully saturated rings. The number of hydrogen-bond donors (Lipinski definition) is 0. The van der Waals surface area contributed by atoms with Crippen LogP contribution in [0, 0.1) is 34.5 Å². The Labute approximate surface area is 204 Å². The van der Waals surface area contributed by atoms with Crippen molar-refractivity contribution in [2.75, 3.05) is 11.5 Å². The molecule has 2 aromatic carbocycles. The first-order chi connectivity index (χ1) is 17.0. The number of imide groups is 1. The third-order valence-corrected chi connectivity index (χ3v) is 7.46. The van der Waals surface area contributed by atoms with E-state index in [0.717, 1.165) is 11.0 Å². The molecule has 0 radical (unpaired) electrons. The van der Waals surface area contributed by atoms with E-state index in [1.54, 1.807) is 31.2 Å². The van der Waals surface area contributed by atoms with Crippen LogP contribution < -0.4 is 9.64 Å². The van der Waals surface area contributed by atoms with Gasteiger partial charge in [-0.05, 0) is 56.2 Å². The summed E-state index contributed by atoms with van der Waals surface area (Å²) < 4.78 is 52.7. The predicted octanol–water partition coefficient (Wildman–Crippen LogP) is 4.34. The number of halogens is 3. The highest BCUT2D eigenvalue weighted by Crippen LogP contribution is 2.62.